The second kappa shape index (κ2) is 9.48. The number of halogens is 1. The quantitative estimate of drug-likeness (QED) is 0.678. The normalized spacial score (nSPS) is 19.2. The molecule has 0 aliphatic carbocycles. The Bertz CT molecular complexity index is 579. The lowest BCUT2D eigenvalue weighted by atomic mass is 9.97. The fraction of sp³-hybridized carbons (Fsp3) is 0.556. The molecule has 1 aliphatic rings. The first-order valence-corrected chi connectivity index (χ1v) is 8.74. The van der Waals surface area contributed by atoms with Crippen LogP contribution in [0.1, 0.15) is 31.4 Å². The van der Waals surface area contributed by atoms with Crippen LogP contribution in [0, 0.1) is 11.7 Å². The summed E-state index contributed by atoms with van der Waals surface area (Å²) in [5, 5.41) is 5.73. The van der Waals surface area contributed by atoms with Gasteiger partial charge < -0.3 is 16.4 Å². The predicted octanol–water partition coefficient (Wildman–Crippen LogP) is 0.790. The number of hydrogen-bond donors (Lipinski definition) is 3. The van der Waals surface area contributed by atoms with Gasteiger partial charge in [0.15, 0.2) is 0 Å². The molecule has 0 spiro atoms. The first-order chi connectivity index (χ1) is 12.0. The van der Waals surface area contributed by atoms with Gasteiger partial charge in [-0.3, -0.25) is 14.5 Å². The summed E-state index contributed by atoms with van der Waals surface area (Å²) >= 11 is 0. The first-order valence-electron chi connectivity index (χ1n) is 8.74. The highest BCUT2D eigenvalue weighted by Gasteiger charge is 2.26. The SMILES string of the molecule is CC(NC(=O)CN1CCCC(C(=O)NCCN)C1)c1ccc(F)cc1. The fourth-order valence-electron chi connectivity index (χ4n) is 3.08. The Hall–Kier alpha value is -1.99. The minimum Gasteiger partial charge on any atom is -0.355 e. The van der Waals surface area contributed by atoms with E-state index in [0.29, 0.717) is 19.6 Å². The number of nitrogens with zero attached hydrogens (tertiary/aromatic N) is 1. The average Bonchev–Trinajstić information content (AvgIpc) is 2.60. The van der Waals surface area contributed by atoms with Crippen molar-refractivity contribution in [1.82, 2.24) is 15.5 Å². The molecular weight excluding hydrogens is 323 g/mol. The van der Waals surface area contributed by atoms with Crippen molar-refractivity contribution in [3.8, 4) is 0 Å². The van der Waals surface area contributed by atoms with Crippen molar-refractivity contribution in [2.75, 3.05) is 32.7 Å². The van der Waals surface area contributed by atoms with E-state index in [1.54, 1.807) is 12.1 Å². The van der Waals surface area contributed by atoms with E-state index in [9.17, 15) is 14.0 Å². The third-order valence-corrected chi connectivity index (χ3v) is 4.43. The Morgan fingerprint density at radius 3 is 2.76 bits per heavy atom. The number of amides is 2. The van der Waals surface area contributed by atoms with Crippen LogP contribution < -0.4 is 16.4 Å². The van der Waals surface area contributed by atoms with Crippen molar-refractivity contribution in [2.45, 2.75) is 25.8 Å². The van der Waals surface area contributed by atoms with Crippen molar-refractivity contribution in [2.24, 2.45) is 11.7 Å². The van der Waals surface area contributed by atoms with Crippen molar-refractivity contribution in [3.63, 3.8) is 0 Å². The molecule has 1 saturated heterocycles. The third-order valence-electron chi connectivity index (χ3n) is 4.43. The second-order valence-electron chi connectivity index (χ2n) is 6.49. The number of likely N-dealkylation sites (tertiary alicyclic amines) is 1. The molecule has 2 rings (SSSR count). The number of nitrogens with one attached hydrogen (secondary N) is 2. The lowest BCUT2D eigenvalue weighted by molar-refractivity contribution is -0.129. The summed E-state index contributed by atoms with van der Waals surface area (Å²) in [7, 11) is 0. The molecule has 2 unspecified atom stereocenters. The number of rotatable bonds is 7. The summed E-state index contributed by atoms with van der Waals surface area (Å²) in [5.41, 5.74) is 6.26. The minimum atomic E-state index is -0.297. The van der Waals surface area contributed by atoms with Gasteiger partial charge in [-0.25, -0.2) is 4.39 Å². The second-order valence-corrected chi connectivity index (χ2v) is 6.49. The molecule has 1 aromatic rings. The molecule has 0 aromatic heterocycles. The molecular formula is C18H27FN4O2. The van der Waals surface area contributed by atoms with Gasteiger partial charge in [-0.05, 0) is 44.0 Å². The molecule has 0 bridgehead atoms. The van der Waals surface area contributed by atoms with Gasteiger partial charge in [0, 0.05) is 19.6 Å². The number of carbonyl (C=O) groups is 2. The number of piperidine rings is 1. The molecule has 2 atom stereocenters. The van der Waals surface area contributed by atoms with E-state index in [0.717, 1.165) is 24.9 Å². The third kappa shape index (κ3) is 6.10. The van der Waals surface area contributed by atoms with Crippen LogP contribution in [0.5, 0.6) is 0 Å². The van der Waals surface area contributed by atoms with E-state index in [1.807, 2.05) is 11.8 Å². The highest BCUT2D eigenvalue weighted by atomic mass is 19.1. The largest absolute Gasteiger partial charge is 0.355 e. The molecule has 1 aromatic carbocycles. The highest BCUT2D eigenvalue weighted by Crippen LogP contribution is 2.17. The minimum absolute atomic E-state index is 0.00948. The van der Waals surface area contributed by atoms with E-state index >= 15 is 0 Å². The topological polar surface area (TPSA) is 87.5 Å². The number of benzene rings is 1. The summed E-state index contributed by atoms with van der Waals surface area (Å²) in [5.74, 6) is -0.479. The van der Waals surface area contributed by atoms with Crippen molar-refractivity contribution in [3.05, 3.63) is 35.6 Å². The van der Waals surface area contributed by atoms with E-state index in [2.05, 4.69) is 10.6 Å². The van der Waals surface area contributed by atoms with Crippen LogP contribution in [0.2, 0.25) is 0 Å². The van der Waals surface area contributed by atoms with Crippen LogP contribution in [0.15, 0.2) is 24.3 Å². The summed E-state index contributed by atoms with van der Waals surface area (Å²) in [4.78, 5) is 26.3. The van der Waals surface area contributed by atoms with Gasteiger partial charge in [-0.2, -0.15) is 0 Å². The highest BCUT2D eigenvalue weighted by molar-refractivity contribution is 5.80. The van der Waals surface area contributed by atoms with Crippen LogP contribution in [0.25, 0.3) is 0 Å². The van der Waals surface area contributed by atoms with Gasteiger partial charge in [0.05, 0.1) is 18.5 Å². The molecule has 7 heteroatoms. The van der Waals surface area contributed by atoms with Crippen LogP contribution in [-0.4, -0.2) is 49.4 Å². The van der Waals surface area contributed by atoms with E-state index in [-0.39, 0.29) is 36.1 Å². The lowest BCUT2D eigenvalue weighted by Gasteiger charge is -2.31. The average molecular weight is 350 g/mol. The Balaban J connectivity index is 1.81. The molecule has 25 heavy (non-hydrogen) atoms. The lowest BCUT2D eigenvalue weighted by Crippen LogP contribution is -2.47. The van der Waals surface area contributed by atoms with Gasteiger partial charge in [0.25, 0.3) is 0 Å². The Morgan fingerprint density at radius 2 is 2.08 bits per heavy atom. The molecule has 138 valence electrons. The zero-order valence-electron chi connectivity index (χ0n) is 14.6. The summed E-state index contributed by atoms with van der Waals surface area (Å²) < 4.78 is 13.0. The van der Waals surface area contributed by atoms with Gasteiger partial charge in [-0.1, -0.05) is 12.1 Å². The zero-order valence-corrected chi connectivity index (χ0v) is 14.6. The Labute approximate surface area is 147 Å². The molecule has 0 saturated carbocycles. The van der Waals surface area contributed by atoms with Crippen LogP contribution in [0.4, 0.5) is 4.39 Å². The van der Waals surface area contributed by atoms with Gasteiger partial charge in [0.2, 0.25) is 11.8 Å². The summed E-state index contributed by atoms with van der Waals surface area (Å²) in [6, 6.07) is 5.90. The standard InChI is InChI=1S/C18H27FN4O2/c1-13(14-4-6-16(19)7-5-14)22-17(24)12-23-10-2-3-15(11-23)18(25)21-9-8-20/h4-7,13,15H,2-3,8-12,20H2,1H3,(H,21,25)(H,22,24). The van der Waals surface area contributed by atoms with Crippen molar-refractivity contribution < 1.29 is 14.0 Å². The zero-order chi connectivity index (χ0) is 18.2. The van der Waals surface area contributed by atoms with E-state index < -0.39 is 0 Å². The Morgan fingerprint density at radius 1 is 1.36 bits per heavy atom. The smallest absolute Gasteiger partial charge is 0.234 e. The molecule has 1 heterocycles. The van der Waals surface area contributed by atoms with Crippen LogP contribution in [-0.2, 0) is 9.59 Å². The van der Waals surface area contributed by atoms with Crippen LogP contribution >= 0.6 is 0 Å². The summed E-state index contributed by atoms with van der Waals surface area (Å²) in [6.07, 6.45) is 1.72. The molecule has 4 N–H and O–H groups in total. The van der Waals surface area contributed by atoms with E-state index in [1.165, 1.54) is 12.1 Å². The number of carbonyl (C=O) groups excluding carboxylic acids is 2. The van der Waals surface area contributed by atoms with E-state index in [4.69, 9.17) is 5.73 Å². The maximum Gasteiger partial charge on any atom is 0.234 e. The summed E-state index contributed by atoms with van der Waals surface area (Å²) in [6.45, 7) is 4.40. The monoisotopic (exact) mass is 350 g/mol. The van der Waals surface area contributed by atoms with Gasteiger partial charge >= 0.3 is 0 Å². The number of hydrogen-bond acceptors (Lipinski definition) is 4. The molecule has 0 radical (unpaired) electrons. The van der Waals surface area contributed by atoms with Crippen molar-refractivity contribution in [1.29, 1.82) is 0 Å². The maximum atomic E-state index is 13.0. The molecule has 2 amide bonds. The molecule has 1 aliphatic heterocycles. The number of nitrogens with two attached hydrogens (primary N) is 1. The Kier molecular flexibility index (Phi) is 7.33. The molecule has 6 nitrogen and oxygen atoms in total. The van der Waals surface area contributed by atoms with Crippen molar-refractivity contribution >= 4 is 11.8 Å². The fourth-order valence-corrected chi connectivity index (χ4v) is 3.08. The van der Waals surface area contributed by atoms with Gasteiger partial charge in [0.1, 0.15) is 5.82 Å². The molecule has 1 fully saturated rings. The predicted molar refractivity (Wildman–Crippen MR) is 94.2 cm³/mol. The maximum absolute atomic E-state index is 13.0. The van der Waals surface area contributed by atoms with Gasteiger partial charge in [-0.15, -0.1) is 0 Å². The van der Waals surface area contributed by atoms with Crippen LogP contribution in [0.3, 0.4) is 0 Å². The first kappa shape index (κ1) is 19.3.